The predicted molar refractivity (Wildman–Crippen MR) is 71.1 cm³/mol. The van der Waals surface area contributed by atoms with Crippen molar-refractivity contribution in [1.29, 1.82) is 0 Å². The number of fused-ring (bicyclic) bond motifs is 1. The number of oxazole rings is 1. The maximum Gasteiger partial charge on any atom is 0.336 e. The predicted octanol–water partition coefficient (Wildman–Crippen LogP) is 3.50. The molecule has 0 spiro atoms. The van der Waals surface area contributed by atoms with Crippen LogP contribution in [0.15, 0.2) is 46.9 Å². The van der Waals surface area contributed by atoms with Crippen molar-refractivity contribution < 1.29 is 14.3 Å². The fourth-order valence-electron chi connectivity index (χ4n) is 2.06. The Hall–Kier alpha value is -2.62. The average Bonchev–Trinajstić information content (AvgIpc) is 2.84. The minimum Gasteiger partial charge on any atom is -0.478 e. The van der Waals surface area contributed by atoms with E-state index in [1.54, 1.807) is 24.3 Å². The molecule has 0 aliphatic carbocycles. The molecule has 2 aromatic carbocycles. The molecule has 1 aromatic heterocycles. The summed E-state index contributed by atoms with van der Waals surface area (Å²) in [7, 11) is 0. The summed E-state index contributed by atoms with van der Waals surface area (Å²) in [6, 6.07) is 12.4. The van der Waals surface area contributed by atoms with Gasteiger partial charge in [-0.2, -0.15) is 0 Å². The Morgan fingerprint density at radius 2 is 1.95 bits per heavy atom. The summed E-state index contributed by atoms with van der Waals surface area (Å²) in [5, 5.41) is 9.19. The molecule has 0 atom stereocenters. The number of carboxylic acids is 1. The molecule has 0 bridgehead atoms. The highest BCUT2D eigenvalue weighted by Gasteiger charge is 2.16. The monoisotopic (exact) mass is 253 g/mol. The van der Waals surface area contributed by atoms with Crippen molar-refractivity contribution in [3.63, 3.8) is 0 Å². The molecule has 3 rings (SSSR count). The van der Waals surface area contributed by atoms with Crippen molar-refractivity contribution in [3.05, 3.63) is 53.6 Å². The van der Waals surface area contributed by atoms with E-state index in [0.717, 1.165) is 11.1 Å². The largest absolute Gasteiger partial charge is 0.478 e. The molecular formula is C15H11NO3. The highest BCUT2D eigenvalue weighted by Crippen LogP contribution is 2.28. The molecule has 0 saturated heterocycles. The van der Waals surface area contributed by atoms with Gasteiger partial charge in [-0.05, 0) is 30.7 Å². The molecule has 0 aliphatic heterocycles. The summed E-state index contributed by atoms with van der Waals surface area (Å²) in [5.41, 5.74) is 3.08. The van der Waals surface area contributed by atoms with Gasteiger partial charge in [-0.3, -0.25) is 0 Å². The number of aromatic carboxylic acids is 1. The van der Waals surface area contributed by atoms with Crippen LogP contribution in [0.2, 0.25) is 0 Å². The van der Waals surface area contributed by atoms with Crippen LogP contribution in [-0.2, 0) is 0 Å². The van der Waals surface area contributed by atoms with Gasteiger partial charge >= 0.3 is 5.97 Å². The Bertz CT molecular complexity index is 774. The van der Waals surface area contributed by atoms with E-state index in [0.29, 0.717) is 17.0 Å². The van der Waals surface area contributed by atoms with Gasteiger partial charge in [-0.25, -0.2) is 9.78 Å². The molecule has 0 amide bonds. The van der Waals surface area contributed by atoms with E-state index < -0.39 is 5.97 Å². The number of aryl methyl sites for hydroxylation is 1. The van der Waals surface area contributed by atoms with Crippen LogP contribution >= 0.6 is 0 Å². The summed E-state index contributed by atoms with van der Waals surface area (Å²) >= 11 is 0. The van der Waals surface area contributed by atoms with Crippen LogP contribution in [0.25, 0.3) is 22.6 Å². The smallest absolute Gasteiger partial charge is 0.336 e. The number of para-hydroxylation sites is 1. The fourth-order valence-corrected chi connectivity index (χ4v) is 2.06. The van der Waals surface area contributed by atoms with Crippen molar-refractivity contribution in [2.45, 2.75) is 6.92 Å². The highest BCUT2D eigenvalue weighted by atomic mass is 16.4. The molecule has 19 heavy (non-hydrogen) atoms. The first-order chi connectivity index (χ1) is 9.16. The summed E-state index contributed by atoms with van der Waals surface area (Å²) in [6.45, 7) is 1.93. The Morgan fingerprint density at radius 3 is 2.68 bits per heavy atom. The zero-order valence-electron chi connectivity index (χ0n) is 10.3. The zero-order chi connectivity index (χ0) is 13.4. The normalized spacial score (nSPS) is 10.8. The molecule has 3 aromatic rings. The lowest BCUT2D eigenvalue weighted by atomic mass is 10.1. The molecule has 1 N–H and O–H groups in total. The lowest BCUT2D eigenvalue weighted by Gasteiger charge is -2.00. The molecular weight excluding hydrogens is 242 g/mol. The summed E-state index contributed by atoms with van der Waals surface area (Å²) in [4.78, 5) is 15.6. The fraction of sp³-hybridized carbons (Fsp3) is 0.0667. The molecule has 4 nitrogen and oxygen atoms in total. The Kier molecular flexibility index (Phi) is 2.56. The molecule has 0 radical (unpaired) electrons. The number of rotatable bonds is 2. The van der Waals surface area contributed by atoms with Gasteiger partial charge in [0.2, 0.25) is 5.89 Å². The Balaban J connectivity index is 2.25. The van der Waals surface area contributed by atoms with E-state index in [4.69, 9.17) is 4.42 Å². The zero-order valence-corrected chi connectivity index (χ0v) is 10.3. The van der Waals surface area contributed by atoms with Crippen LogP contribution < -0.4 is 0 Å². The van der Waals surface area contributed by atoms with Gasteiger partial charge in [0.15, 0.2) is 5.58 Å². The first-order valence-corrected chi connectivity index (χ1v) is 5.85. The van der Waals surface area contributed by atoms with Gasteiger partial charge in [0, 0.05) is 0 Å². The van der Waals surface area contributed by atoms with Gasteiger partial charge in [0.25, 0.3) is 0 Å². The lowest BCUT2D eigenvalue weighted by Crippen LogP contribution is -1.98. The standard InChI is InChI=1S/C15H11NO3/c1-9-5-4-8-12-13(9)19-14(16-12)10-6-2-3-7-11(10)15(17)18/h2-8H,1H3,(H,17,18). The molecule has 1 heterocycles. The minimum absolute atomic E-state index is 0.187. The first-order valence-electron chi connectivity index (χ1n) is 5.85. The topological polar surface area (TPSA) is 63.3 Å². The molecule has 0 saturated carbocycles. The molecule has 0 unspecified atom stereocenters. The first kappa shape index (κ1) is 11.5. The van der Waals surface area contributed by atoms with E-state index >= 15 is 0 Å². The van der Waals surface area contributed by atoms with Gasteiger partial charge in [-0.15, -0.1) is 0 Å². The Labute approximate surface area is 109 Å². The van der Waals surface area contributed by atoms with Crippen LogP contribution in [0.4, 0.5) is 0 Å². The van der Waals surface area contributed by atoms with Gasteiger partial charge in [-0.1, -0.05) is 24.3 Å². The van der Waals surface area contributed by atoms with Crippen LogP contribution in [0.5, 0.6) is 0 Å². The third kappa shape index (κ3) is 1.87. The van der Waals surface area contributed by atoms with Crippen molar-refractivity contribution in [1.82, 2.24) is 4.98 Å². The lowest BCUT2D eigenvalue weighted by molar-refractivity contribution is 0.0697. The van der Waals surface area contributed by atoms with Gasteiger partial charge in [0.1, 0.15) is 5.52 Å². The van der Waals surface area contributed by atoms with Crippen LogP contribution in [0.1, 0.15) is 15.9 Å². The van der Waals surface area contributed by atoms with Crippen molar-refractivity contribution in [3.8, 4) is 11.5 Å². The van der Waals surface area contributed by atoms with E-state index in [1.807, 2.05) is 25.1 Å². The number of carbonyl (C=O) groups is 1. The molecule has 94 valence electrons. The summed E-state index contributed by atoms with van der Waals surface area (Å²) in [6.07, 6.45) is 0. The van der Waals surface area contributed by atoms with E-state index in [1.165, 1.54) is 0 Å². The van der Waals surface area contributed by atoms with Crippen LogP contribution in [0.3, 0.4) is 0 Å². The Morgan fingerprint density at radius 1 is 1.16 bits per heavy atom. The number of carboxylic acid groups (broad SMARTS) is 1. The van der Waals surface area contributed by atoms with Crippen molar-refractivity contribution in [2.75, 3.05) is 0 Å². The number of benzene rings is 2. The quantitative estimate of drug-likeness (QED) is 0.759. The van der Waals surface area contributed by atoms with Crippen molar-refractivity contribution >= 4 is 17.1 Å². The highest BCUT2D eigenvalue weighted by molar-refractivity contribution is 5.95. The third-order valence-electron chi connectivity index (χ3n) is 3.00. The van der Waals surface area contributed by atoms with Gasteiger partial charge < -0.3 is 9.52 Å². The number of aromatic nitrogens is 1. The average molecular weight is 253 g/mol. The molecule has 0 fully saturated rings. The second-order valence-electron chi connectivity index (χ2n) is 4.29. The van der Waals surface area contributed by atoms with E-state index in [2.05, 4.69) is 4.98 Å². The number of hydrogen-bond donors (Lipinski definition) is 1. The summed E-state index contributed by atoms with van der Waals surface area (Å²) < 4.78 is 5.70. The second kappa shape index (κ2) is 4.24. The van der Waals surface area contributed by atoms with E-state index in [-0.39, 0.29) is 5.56 Å². The minimum atomic E-state index is -0.991. The van der Waals surface area contributed by atoms with Crippen LogP contribution in [0, 0.1) is 6.92 Å². The van der Waals surface area contributed by atoms with Gasteiger partial charge in [0.05, 0.1) is 11.1 Å². The SMILES string of the molecule is Cc1cccc2nc(-c3ccccc3C(=O)O)oc12. The maximum absolute atomic E-state index is 11.2. The second-order valence-corrected chi connectivity index (χ2v) is 4.29. The third-order valence-corrected chi connectivity index (χ3v) is 3.00. The molecule has 4 heteroatoms. The maximum atomic E-state index is 11.2. The number of nitrogens with zero attached hydrogens (tertiary/aromatic N) is 1. The van der Waals surface area contributed by atoms with Crippen LogP contribution in [-0.4, -0.2) is 16.1 Å². The molecule has 0 aliphatic rings. The summed E-state index contributed by atoms with van der Waals surface area (Å²) in [5.74, 6) is -0.656. The van der Waals surface area contributed by atoms with Crippen molar-refractivity contribution in [2.24, 2.45) is 0 Å². The number of hydrogen-bond acceptors (Lipinski definition) is 3. The van der Waals surface area contributed by atoms with E-state index in [9.17, 15) is 9.90 Å².